The van der Waals surface area contributed by atoms with Gasteiger partial charge in [-0.05, 0) is 25.0 Å². The number of anilines is 1. The first kappa shape index (κ1) is 12.2. The van der Waals surface area contributed by atoms with Gasteiger partial charge in [0.05, 0.1) is 6.54 Å². The SMILES string of the molecule is FC(F)CNC1CCN(c2ccccn2)CC1. The van der Waals surface area contributed by atoms with Gasteiger partial charge in [-0.15, -0.1) is 0 Å². The minimum atomic E-state index is -2.26. The van der Waals surface area contributed by atoms with Gasteiger partial charge >= 0.3 is 0 Å². The number of piperidine rings is 1. The van der Waals surface area contributed by atoms with Gasteiger partial charge in [-0.25, -0.2) is 13.8 Å². The molecule has 0 radical (unpaired) electrons. The van der Waals surface area contributed by atoms with Crippen molar-refractivity contribution in [3.05, 3.63) is 24.4 Å². The summed E-state index contributed by atoms with van der Waals surface area (Å²) < 4.78 is 24.1. The Labute approximate surface area is 99.8 Å². The van der Waals surface area contributed by atoms with Crippen molar-refractivity contribution in [2.45, 2.75) is 25.3 Å². The Balaban J connectivity index is 1.78. The van der Waals surface area contributed by atoms with Gasteiger partial charge in [0.2, 0.25) is 0 Å². The van der Waals surface area contributed by atoms with Gasteiger partial charge in [-0.1, -0.05) is 6.07 Å². The second kappa shape index (κ2) is 5.91. The summed E-state index contributed by atoms with van der Waals surface area (Å²) in [5, 5.41) is 2.90. The average molecular weight is 241 g/mol. The van der Waals surface area contributed by atoms with Crippen molar-refractivity contribution in [3.63, 3.8) is 0 Å². The molecule has 1 aromatic rings. The summed E-state index contributed by atoms with van der Waals surface area (Å²) in [7, 11) is 0. The molecule has 94 valence electrons. The number of nitrogens with zero attached hydrogens (tertiary/aromatic N) is 2. The largest absolute Gasteiger partial charge is 0.357 e. The number of hydrogen-bond donors (Lipinski definition) is 1. The van der Waals surface area contributed by atoms with Crippen molar-refractivity contribution in [2.75, 3.05) is 24.5 Å². The van der Waals surface area contributed by atoms with Gasteiger partial charge in [-0.3, -0.25) is 0 Å². The molecule has 0 amide bonds. The van der Waals surface area contributed by atoms with Gasteiger partial charge in [0.1, 0.15) is 5.82 Å². The fraction of sp³-hybridized carbons (Fsp3) is 0.583. The van der Waals surface area contributed by atoms with Gasteiger partial charge in [0, 0.05) is 25.3 Å². The Morgan fingerprint density at radius 2 is 2.12 bits per heavy atom. The van der Waals surface area contributed by atoms with E-state index in [1.165, 1.54) is 0 Å². The lowest BCUT2D eigenvalue weighted by Gasteiger charge is -2.33. The molecular weight excluding hydrogens is 224 g/mol. The third-order valence-electron chi connectivity index (χ3n) is 3.03. The van der Waals surface area contributed by atoms with Crippen LogP contribution in [0.25, 0.3) is 0 Å². The molecule has 1 aliphatic rings. The highest BCUT2D eigenvalue weighted by Crippen LogP contribution is 2.17. The lowest BCUT2D eigenvalue weighted by Crippen LogP contribution is -2.44. The maximum Gasteiger partial charge on any atom is 0.250 e. The zero-order valence-electron chi connectivity index (χ0n) is 9.65. The zero-order chi connectivity index (χ0) is 12.1. The lowest BCUT2D eigenvalue weighted by molar-refractivity contribution is 0.139. The molecule has 0 aromatic carbocycles. The molecule has 0 spiro atoms. The Kier molecular flexibility index (Phi) is 4.25. The van der Waals surface area contributed by atoms with Crippen LogP contribution in [0.1, 0.15) is 12.8 Å². The number of rotatable bonds is 4. The van der Waals surface area contributed by atoms with Gasteiger partial charge < -0.3 is 10.2 Å². The Bertz CT molecular complexity index is 324. The predicted octanol–water partition coefficient (Wildman–Crippen LogP) is 1.91. The average Bonchev–Trinajstić information content (AvgIpc) is 2.38. The Hall–Kier alpha value is -1.23. The topological polar surface area (TPSA) is 28.2 Å². The van der Waals surface area contributed by atoms with Crippen molar-refractivity contribution < 1.29 is 8.78 Å². The highest BCUT2D eigenvalue weighted by molar-refractivity contribution is 5.38. The van der Waals surface area contributed by atoms with Crippen LogP contribution in [0.3, 0.4) is 0 Å². The summed E-state index contributed by atoms with van der Waals surface area (Å²) in [6, 6.07) is 6.04. The molecule has 5 heteroatoms. The van der Waals surface area contributed by atoms with Crippen LogP contribution < -0.4 is 10.2 Å². The van der Waals surface area contributed by atoms with E-state index in [1.807, 2.05) is 18.2 Å². The van der Waals surface area contributed by atoms with Crippen LogP contribution in [0.4, 0.5) is 14.6 Å². The van der Waals surface area contributed by atoms with Crippen molar-refractivity contribution in [1.29, 1.82) is 0 Å². The number of alkyl halides is 2. The molecule has 0 bridgehead atoms. The molecule has 1 N–H and O–H groups in total. The van der Waals surface area contributed by atoms with E-state index in [9.17, 15) is 8.78 Å². The van der Waals surface area contributed by atoms with Crippen LogP contribution in [-0.2, 0) is 0 Å². The Morgan fingerprint density at radius 3 is 2.71 bits per heavy atom. The molecule has 1 aromatic heterocycles. The normalized spacial score (nSPS) is 17.7. The molecule has 17 heavy (non-hydrogen) atoms. The summed E-state index contributed by atoms with van der Waals surface area (Å²) in [5.41, 5.74) is 0. The first-order valence-electron chi connectivity index (χ1n) is 5.93. The summed E-state index contributed by atoms with van der Waals surface area (Å²) in [6.07, 6.45) is 1.30. The van der Waals surface area contributed by atoms with Crippen LogP contribution in [0.15, 0.2) is 24.4 Å². The summed E-state index contributed by atoms with van der Waals surface area (Å²) >= 11 is 0. The monoisotopic (exact) mass is 241 g/mol. The van der Waals surface area contributed by atoms with Crippen LogP contribution in [0, 0.1) is 0 Å². The molecule has 0 unspecified atom stereocenters. The smallest absolute Gasteiger partial charge is 0.250 e. The molecule has 0 saturated carbocycles. The zero-order valence-corrected chi connectivity index (χ0v) is 9.65. The lowest BCUT2D eigenvalue weighted by atomic mass is 10.1. The first-order chi connectivity index (χ1) is 8.25. The Morgan fingerprint density at radius 1 is 1.35 bits per heavy atom. The fourth-order valence-electron chi connectivity index (χ4n) is 2.11. The summed E-state index contributed by atoms with van der Waals surface area (Å²) in [5.74, 6) is 0.972. The first-order valence-corrected chi connectivity index (χ1v) is 5.93. The minimum Gasteiger partial charge on any atom is -0.357 e. The molecule has 2 heterocycles. The third kappa shape index (κ3) is 3.63. The van der Waals surface area contributed by atoms with Crippen LogP contribution in [-0.4, -0.2) is 37.1 Å². The molecule has 2 rings (SSSR count). The number of pyridine rings is 1. The number of nitrogens with one attached hydrogen (secondary N) is 1. The van der Waals surface area contributed by atoms with E-state index in [0.717, 1.165) is 31.7 Å². The molecule has 1 fully saturated rings. The van der Waals surface area contributed by atoms with E-state index >= 15 is 0 Å². The minimum absolute atomic E-state index is 0.200. The maximum atomic E-state index is 12.0. The van der Waals surface area contributed by atoms with Crippen LogP contribution >= 0.6 is 0 Å². The van der Waals surface area contributed by atoms with Crippen LogP contribution in [0.5, 0.6) is 0 Å². The van der Waals surface area contributed by atoms with E-state index in [2.05, 4.69) is 15.2 Å². The third-order valence-corrected chi connectivity index (χ3v) is 3.03. The van der Waals surface area contributed by atoms with E-state index in [1.54, 1.807) is 6.20 Å². The van der Waals surface area contributed by atoms with Crippen molar-refractivity contribution >= 4 is 5.82 Å². The van der Waals surface area contributed by atoms with E-state index in [4.69, 9.17) is 0 Å². The number of hydrogen-bond acceptors (Lipinski definition) is 3. The van der Waals surface area contributed by atoms with Crippen molar-refractivity contribution in [2.24, 2.45) is 0 Å². The molecule has 0 atom stereocenters. The molecule has 1 saturated heterocycles. The van der Waals surface area contributed by atoms with Gasteiger partial charge in [-0.2, -0.15) is 0 Å². The molecular formula is C12H17F2N3. The second-order valence-electron chi connectivity index (χ2n) is 4.25. The number of aromatic nitrogens is 1. The highest BCUT2D eigenvalue weighted by Gasteiger charge is 2.20. The highest BCUT2D eigenvalue weighted by atomic mass is 19.3. The molecule has 0 aliphatic carbocycles. The quantitative estimate of drug-likeness (QED) is 0.872. The molecule has 3 nitrogen and oxygen atoms in total. The van der Waals surface area contributed by atoms with Gasteiger partial charge in [0.25, 0.3) is 6.43 Å². The van der Waals surface area contributed by atoms with Gasteiger partial charge in [0.15, 0.2) is 0 Å². The standard InChI is InChI=1S/C12H17F2N3/c13-11(14)9-16-10-4-7-17(8-5-10)12-3-1-2-6-15-12/h1-3,6,10-11,16H,4-5,7-9H2. The van der Waals surface area contributed by atoms with E-state index < -0.39 is 6.43 Å². The van der Waals surface area contributed by atoms with Crippen LogP contribution in [0.2, 0.25) is 0 Å². The van der Waals surface area contributed by atoms with E-state index in [-0.39, 0.29) is 12.6 Å². The van der Waals surface area contributed by atoms with Crippen molar-refractivity contribution in [1.82, 2.24) is 10.3 Å². The van der Waals surface area contributed by atoms with Crippen molar-refractivity contribution in [3.8, 4) is 0 Å². The number of halogens is 2. The van der Waals surface area contributed by atoms with E-state index in [0.29, 0.717) is 0 Å². The molecule has 1 aliphatic heterocycles. The summed E-state index contributed by atoms with van der Waals surface area (Å²) in [6.45, 7) is 1.55. The maximum absolute atomic E-state index is 12.0. The fourth-order valence-corrected chi connectivity index (χ4v) is 2.11. The summed E-state index contributed by atoms with van der Waals surface area (Å²) in [4.78, 5) is 6.48. The predicted molar refractivity (Wildman–Crippen MR) is 63.5 cm³/mol. The second-order valence-corrected chi connectivity index (χ2v) is 4.25.